The number of pyridine rings is 1. The van der Waals surface area contributed by atoms with Crippen LogP contribution in [0.1, 0.15) is 24.5 Å². The van der Waals surface area contributed by atoms with Crippen LogP contribution in [-0.4, -0.2) is 43.8 Å². The zero-order chi connectivity index (χ0) is 24.6. The molecule has 1 aliphatic rings. The highest BCUT2D eigenvalue weighted by atomic mass is 32.2. The third kappa shape index (κ3) is 4.92. The number of nitrogens with zero attached hydrogens (tertiary/aromatic N) is 2. The van der Waals surface area contributed by atoms with E-state index < -0.39 is 74.3 Å². The molecule has 1 aromatic carbocycles. The first kappa shape index (κ1) is 24.8. The van der Waals surface area contributed by atoms with Gasteiger partial charge in [0.15, 0.2) is 9.84 Å². The molecule has 13 heteroatoms. The van der Waals surface area contributed by atoms with E-state index in [0.717, 1.165) is 35.4 Å². The average Bonchev–Trinajstić information content (AvgIpc) is 3.19. The first-order valence-corrected chi connectivity index (χ1v) is 11.2. The number of rotatable bonds is 5. The number of carbonyl (C=O) groups is 1. The van der Waals surface area contributed by atoms with Gasteiger partial charge in [0.2, 0.25) is 0 Å². The summed E-state index contributed by atoms with van der Waals surface area (Å²) in [6, 6.07) is 3.76. The lowest BCUT2D eigenvalue weighted by atomic mass is 10.2. The molecule has 6 nitrogen and oxygen atoms in total. The Morgan fingerprint density at radius 2 is 1.67 bits per heavy atom. The van der Waals surface area contributed by atoms with Crippen LogP contribution in [0.4, 0.5) is 32.2 Å². The Hall–Kier alpha value is -2.83. The Morgan fingerprint density at radius 3 is 2.27 bits per heavy atom. The Kier molecular flexibility index (Phi) is 6.65. The van der Waals surface area contributed by atoms with Crippen molar-refractivity contribution in [3.8, 4) is 0 Å². The van der Waals surface area contributed by atoms with Crippen LogP contribution < -0.4 is 4.90 Å². The van der Waals surface area contributed by atoms with Gasteiger partial charge in [0.05, 0.1) is 27.9 Å². The molecule has 2 atom stereocenters. The third-order valence-electron chi connectivity index (χ3n) is 5.12. The molecule has 1 aliphatic heterocycles. The molecule has 2 aromatic rings. The lowest BCUT2D eigenvalue weighted by molar-refractivity contribution is -0.145. The van der Waals surface area contributed by atoms with Gasteiger partial charge in [-0.05, 0) is 37.6 Å². The van der Waals surface area contributed by atoms with Gasteiger partial charge in [-0.2, -0.15) is 26.3 Å². The maximum atomic E-state index is 13.5. The fraction of sp³-hybridized carbons (Fsp3) is 0.400. The second-order valence-corrected chi connectivity index (χ2v) is 9.39. The van der Waals surface area contributed by atoms with Gasteiger partial charge in [0.25, 0.3) is 0 Å². The van der Waals surface area contributed by atoms with E-state index in [1.54, 1.807) is 0 Å². The Morgan fingerprint density at radius 1 is 1.06 bits per heavy atom. The summed E-state index contributed by atoms with van der Waals surface area (Å²) in [5.41, 5.74) is -2.61. The molecule has 0 aliphatic carbocycles. The van der Waals surface area contributed by atoms with Crippen molar-refractivity contribution in [2.24, 2.45) is 0 Å². The molecule has 0 bridgehead atoms. The fourth-order valence-corrected chi connectivity index (χ4v) is 5.60. The Labute approximate surface area is 185 Å². The van der Waals surface area contributed by atoms with Crippen LogP contribution in [0.25, 0.3) is 0 Å². The van der Waals surface area contributed by atoms with E-state index >= 15 is 0 Å². The maximum absolute atomic E-state index is 13.5. The molecule has 0 saturated carbocycles. The minimum atomic E-state index is -4.98. The monoisotopic (exact) mass is 496 g/mol. The number of carbonyl (C=O) groups excluding carboxylic acids is 1. The predicted molar refractivity (Wildman–Crippen MR) is 104 cm³/mol. The molecule has 2 heterocycles. The second kappa shape index (κ2) is 8.84. The zero-order valence-electron chi connectivity index (χ0n) is 17.0. The van der Waals surface area contributed by atoms with E-state index in [1.807, 2.05) is 0 Å². The summed E-state index contributed by atoms with van der Waals surface area (Å²) in [6.45, 7) is 0.636. The molecule has 0 radical (unpaired) electrons. The SMILES string of the molecule is CCOC(=O)[C@@H]1C[C@@H](S(=O)(=O)c2ccccc2C(F)(F)F)CN1c1ncccc1C(F)(F)F. The van der Waals surface area contributed by atoms with Gasteiger partial charge in [-0.15, -0.1) is 0 Å². The molecular formula is C20H18F6N2O4S. The predicted octanol–water partition coefficient (Wildman–Crippen LogP) is 4.10. The maximum Gasteiger partial charge on any atom is 0.419 e. The van der Waals surface area contributed by atoms with Gasteiger partial charge in [-0.3, -0.25) is 0 Å². The first-order valence-electron chi connectivity index (χ1n) is 9.64. The number of hydrogen-bond donors (Lipinski definition) is 0. The van der Waals surface area contributed by atoms with Crippen LogP contribution in [0.2, 0.25) is 0 Å². The molecule has 3 rings (SSSR count). The lowest BCUT2D eigenvalue weighted by Gasteiger charge is -2.26. The molecule has 0 amide bonds. The summed E-state index contributed by atoms with van der Waals surface area (Å²) < 4.78 is 112. The molecule has 0 N–H and O–H groups in total. The van der Waals surface area contributed by atoms with Gasteiger partial charge < -0.3 is 9.64 Å². The minimum Gasteiger partial charge on any atom is -0.464 e. The molecule has 33 heavy (non-hydrogen) atoms. The number of esters is 1. The van der Waals surface area contributed by atoms with Gasteiger partial charge in [0.1, 0.15) is 11.9 Å². The smallest absolute Gasteiger partial charge is 0.419 e. The first-order chi connectivity index (χ1) is 15.3. The van der Waals surface area contributed by atoms with Crippen LogP contribution in [0.5, 0.6) is 0 Å². The van der Waals surface area contributed by atoms with Crippen molar-refractivity contribution < 1.29 is 44.3 Å². The number of anilines is 1. The van der Waals surface area contributed by atoms with E-state index in [0.29, 0.717) is 12.1 Å². The van der Waals surface area contributed by atoms with Gasteiger partial charge in [0, 0.05) is 12.7 Å². The number of benzene rings is 1. The van der Waals surface area contributed by atoms with Gasteiger partial charge >= 0.3 is 18.3 Å². The van der Waals surface area contributed by atoms with Crippen molar-refractivity contribution in [3.63, 3.8) is 0 Å². The highest BCUT2D eigenvalue weighted by molar-refractivity contribution is 7.92. The van der Waals surface area contributed by atoms with Crippen molar-refractivity contribution in [3.05, 3.63) is 53.7 Å². The summed E-state index contributed by atoms with van der Waals surface area (Å²) in [4.78, 5) is 16.0. The van der Waals surface area contributed by atoms with Crippen molar-refractivity contribution in [2.75, 3.05) is 18.1 Å². The Bertz CT molecular complexity index is 1130. The summed E-state index contributed by atoms with van der Waals surface area (Å²) in [6.07, 6.45) is -9.38. The van der Waals surface area contributed by atoms with E-state index in [-0.39, 0.29) is 6.61 Å². The van der Waals surface area contributed by atoms with E-state index in [2.05, 4.69) is 4.98 Å². The molecule has 1 fully saturated rings. The van der Waals surface area contributed by atoms with E-state index in [4.69, 9.17) is 4.74 Å². The number of hydrogen-bond acceptors (Lipinski definition) is 6. The van der Waals surface area contributed by atoms with Crippen molar-refractivity contribution >= 4 is 21.6 Å². The molecule has 1 aromatic heterocycles. The zero-order valence-corrected chi connectivity index (χ0v) is 17.8. The van der Waals surface area contributed by atoms with Crippen molar-refractivity contribution in [1.29, 1.82) is 0 Å². The largest absolute Gasteiger partial charge is 0.464 e. The molecule has 180 valence electrons. The second-order valence-electron chi connectivity index (χ2n) is 7.19. The number of aromatic nitrogens is 1. The van der Waals surface area contributed by atoms with Crippen molar-refractivity contribution in [1.82, 2.24) is 4.98 Å². The number of halogens is 6. The average molecular weight is 496 g/mol. The fourth-order valence-electron chi connectivity index (χ4n) is 3.69. The quantitative estimate of drug-likeness (QED) is 0.458. The summed E-state index contributed by atoms with van der Waals surface area (Å²) in [7, 11) is -4.70. The highest BCUT2D eigenvalue weighted by Crippen LogP contribution is 2.41. The molecule has 1 saturated heterocycles. The van der Waals surface area contributed by atoms with Gasteiger partial charge in [-0.1, -0.05) is 12.1 Å². The van der Waals surface area contributed by atoms with Crippen LogP contribution in [-0.2, 0) is 31.7 Å². The van der Waals surface area contributed by atoms with Crippen LogP contribution >= 0.6 is 0 Å². The van der Waals surface area contributed by atoms with Crippen LogP contribution in [0, 0.1) is 0 Å². The van der Waals surface area contributed by atoms with Crippen LogP contribution in [0.15, 0.2) is 47.5 Å². The highest BCUT2D eigenvalue weighted by Gasteiger charge is 2.49. The van der Waals surface area contributed by atoms with Crippen molar-refractivity contribution in [2.45, 2.75) is 41.9 Å². The lowest BCUT2D eigenvalue weighted by Crippen LogP contribution is -2.39. The number of ether oxygens (including phenoxy) is 1. The molecular weight excluding hydrogens is 478 g/mol. The number of sulfone groups is 1. The summed E-state index contributed by atoms with van der Waals surface area (Å²) in [5, 5.41) is -1.61. The standard InChI is InChI=1S/C20H18F6N2O4S/c1-2-32-18(29)15-10-12(11-28(15)17-14(20(24,25)26)7-5-9-27-17)33(30,31)16-8-4-3-6-13(16)19(21,22)23/h3-9,12,15H,2,10-11H2,1H3/t12-,15+/m1/s1. The summed E-state index contributed by atoms with van der Waals surface area (Å²) in [5.74, 6) is -1.71. The molecule has 0 unspecified atom stereocenters. The summed E-state index contributed by atoms with van der Waals surface area (Å²) >= 11 is 0. The van der Waals surface area contributed by atoms with Gasteiger partial charge in [-0.25, -0.2) is 18.2 Å². The normalized spacial score (nSPS) is 19.5. The molecule has 0 spiro atoms. The Balaban J connectivity index is 2.09. The third-order valence-corrected chi connectivity index (χ3v) is 7.31. The topological polar surface area (TPSA) is 76.6 Å². The minimum absolute atomic E-state index is 0.133. The van der Waals surface area contributed by atoms with Crippen LogP contribution in [0.3, 0.4) is 0 Å². The van der Waals surface area contributed by atoms with E-state index in [9.17, 15) is 39.6 Å². The number of alkyl halides is 6. The van der Waals surface area contributed by atoms with E-state index in [1.165, 1.54) is 6.92 Å².